The average molecular weight is 327 g/mol. The van der Waals surface area contributed by atoms with Gasteiger partial charge in [0.25, 0.3) is 0 Å². The summed E-state index contributed by atoms with van der Waals surface area (Å²) in [6.45, 7) is 8.33. The van der Waals surface area contributed by atoms with Gasteiger partial charge in [-0.3, -0.25) is 4.79 Å². The molecule has 0 unspecified atom stereocenters. The summed E-state index contributed by atoms with van der Waals surface area (Å²) in [6.07, 6.45) is 3.89. The van der Waals surface area contributed by atoms with Crippen molar-refractivity contribution in [1.82, 2.24) is 15.5 Å². The number of carbonyl (C=O) groups is 3. The number of nitrogens with zero attached hydrogens (tertiary/aromatic N) is 1. The molecule has 0 aliphatic carbocycles. The van der Waals surface area contributed by atoms with E-state index < -0.39 is 5.97 Å². The Labute approximate surface area is 138 Å². The molecule has 7 heteroatoms. The molecule has 132 valence electrons. The van der Waals surface area contributed by atoms with E-state index in [0.717, 1.165) is 25.7 Å². The highest BCUT2D eigenvalue weighted by Gasteiger charge is 2.08. The van der Waals surface area contributed by atoms with E-state index in [2.05, 4.69) is 17.2 Å². The molecule has 0 saturated carbocycles. The number of hydrogen-bond acceptors (Lipinski definition) is 4. The Balaban J connectivity index is 3.57. The molecule has 0 fully saturated rings. The molecule has 0 aromatic rings. The molecule has 0 aromatic carbocycles. The van der Waals surface area contributed by atoms with Crippen molar-refractivity contribution >= 4 is 17.9 Å². The van der Waals surface area contributed by atoms with Crippen LogP contribution in [-0.4, -0.2) is 56.1 Å². The minimum atomic E-state index is -0.452. The van der Waals surface area contributed by atoms with Crippen LogP contribution >= 0.6 is 0 Å². The van der Waals surface area contributed by atoms with Gasteiger partial charge in [0.05, 0.1) is 6.54 Å². The van der Waals surface area contributed by atoms with Crippen LogP contribution < -0.4 is 10.6 Å². The lowest BCUT2D eigenvalue weighted by molar-refractivity contribution is -0.138. The molecule has 0 aliphatic rings. The van der Waals surface area contributed by atoms with Crippen LogP contribution in [0.3, 0.4) is 0 Å². The van der Waals surface area contributed by atoms with E-state index in [0.29, 0.717) is 18.7 Å². The Hall–Kier alpha value is -2.05. The second kappa shape index (κ2) is 12.5. The van der Waals surface area contributed by atoms with Gasteiger partial charge in [0.2, 0.25) is 5.91 Å². The molecule has 23 heavy (non-hydrogen) atoms. The van der Waals surface area contributed by atoms with Gasteiger partial charge in [0.15, 0.2) is 0 Å². The van der Waals surface area contributed by atoms with Crippen molar-refractivity contribution < 1.29 is 19.1 Å². The number of unbranched alkanes of at least 4 members (excludes halogenated alkanes) is 3. The maximum Gasteiger partial charge on any atom is 0.333 e. The van der Waals surface area contributed by atoms with Crippen molar-refractivity contribution in [1.29, 1.82) is 0 Å². The number of nitrogens with one attached hydrogen (secondary N) is 2. The Morgan fingerprint density at radius 3 is 2.26 bits per heavy atom. The normalized spacial score (nSPS) is 9.87. The molecular weight excluding hydrogens is 298 g/mol. The van der Waals surface area contributed by atoms with Crippen LogP contribution in [0.25, 0.3) is 0 Å². The van der Waals surface area contributed by atoms with Gasteiger partial charge in [-0.25, -0.2) is 9.59 Å². The third-order valence-corrected chi connectivity index (χ3v) is 3.10. The zero-order chi connectivity index (χ0) is 17.7. The number of rotatable bonds is 11. The second-order valence-corrected chi connectivity index (χ2v) is 5.47. The van der Waals surface area contributed by atoms with Crippen molar-refractivity contribution in [2.75, 3.05) is 33.3 Å². The SMILES string of the molecule is C=C(C)C(=O)OCCNC(=O)N(C)CCCCCCNC(C)=O. The summed E-state index contributed by atoms with van der Waals surface area (Å²) in [5.74, 6) is -0.456. The zero-order valence-electron chi connectivity index (χ0n) is 14.4. The van der Waals surface area contributed by atoms with Gasteiger partial charge in [0, 0.05) is 32.6 Å². The van der Waals surface area contributed by atoms with Gasteiger partial charge in [-0.05, 0) is 19.8 Å². The maximum atomic E-state index is 11.8. The molecule has 0 bridgehead atoms. The number of ether oxygens (including phenoxy) is 1. The number of esters is 1. The van der Waals surface area contributed by atoms with E-state index in [1.807, 2.05) is 0 Å². The fraction of sp³-hybridized carbons (Fsp3) is 0.688. The summed E-state index contributed by atoms with van der Waals surface area (Å²) >= 11 is 0. The molecule has 0 atom stereocenters. The zero-order valence-corrected chi connectivity index (χ0v) is 14.4. The van der Waals surface area contributed by atoms with Crippen LogP contribution in [0.2, 0.25) is 0 Å². The summed E-state index contributed by atoms with van der Waals surface area (Å²) in [5.41, 5.74) is 0.340. The van der Waals surface area contributed by atoms with E-state index in [4.69, 9.17) is 4.74 Å². The van der Waals surface area contributed by atoms with Crippen molar-refractivity contribution in [3.8, 4) is 0 Å². The largest absolute Gasteiger partial charge is 0.460 e. The van der Waals surface area contributed by atoms with Crippen LogP contribution in [0.15, 0.2) is 12.2 Å². The summed E-state index contributed by atoms with van der Waals surface area (Å²) < 4.78 is 4.88. The number of hydrogen-bond donors (Lipinski definition) is 2. The van der Waals surface area contributed by atoms with Crippen LogP contribution in [0.4, 0.5) is 4.79 Å². The van der Waals surface area contributed by atoms with E-state index in [1.165, 1.54) is 6.92 Å². The smallest absolute Gasteiger partial charge is 0.333 e. The number of carbonyl (C=O) groups excluding carboxylic acids is 3. The molecular formula is C16H29N3O4. The highest BCUT2D eigenvalue weighted by Crippen LogP contribution is 2.00. The number of amides is 3. The average Bonchev–Trinajstić information content (AvgIpc) is 2.49. The lowest BCUT2D eigenvalue weighted by atomic mass is 10.2. The Morgan fingerprint density at radius 2 is 1.65 bits per heavy atom. The molecule has 0 heterocycles. The first kappa shape index (κ1) is 20.9. The predicted octanol–water partition coefficient (Wildman–Crippen LogP) is 1.44. The van der Waals surface area contributed by atoms with Gasteiger partial charge in [0.1, 0.15) is 6.61 Å². The van der Waals surface area contributed by atoms with Gasteiger partial charge in [-0.2, -0.15) is 0 Å². The Morgan fingerprint density at radius 1 is 1.00 bits per heavy atom. The quantitative estimate of drug-likeness (QED) is 0.341. The van der Waals surface area contributed by atoms with E-state index in [-0.39, 0.29) is 25.1 Å². The van der Waals surface area contributed by atoms with E-state index in [1.54, 1.807) is 18.9 Å². The Bertz CT molecular complexity index is 410. The summed E-state index contributed by atoms with van der Waals surface area (Å²) in [5, 5.41) is 5.44. The summed E-state index contributed by atoms with van der Waals surface area (Å²) in [4.78, 5) is 35.2. The highest BCUT2D eigenvalue weighted by atomic mass is 16.5. The lowest BCUT2D eigenvalue weighted by Gasteiger charge is -2.17. The van der Waals surface area contributed by atoms with Crippen LogP contribution in [0, 0.1) is 0 Å². The molecule has 2 N–H and O–H groups in total. The van der Waals surface area contributed by atoms with Crippen molar-refractivity contribution in [3.05, 3.63) is 12.2 Å². The van der Waals surface area contributed by atoms with Gasteiger partial charge < -0.3 is 20.3 Å². The molecule has 0 spiro atoms. The topological polar surface area (TPSA) is 87.7 Å². The van der Waals surface area contributed by atoms with E-state index in [9.17, 15) is 14.4 Å². The fourth-order valence-electron chi connectivity index (χ4n) is 1.75. The van der Waals surface area contributed by atoms with Crippen molar-refractivity contribution in [2.45, 2.75) is 39.5 Å². The van der Waals surface area contributed by atoms with Gasteiger partial charge >= 0.3 is 12.0 Å². The van der Waals surface area contributed by atoms with Crippen LogP contribution in [-0.2, 0) is 14.3 Å². The minimum Gasteiger partial charge on any atom is -0.460 e. The monoisotopic (exact) mass is 327 g/mol. The van der Waals surface area contributed by atoms with Crippen molar-refractivity contribution in [3.63, 3.8) is 0 Å². The first-order chi connectivity index (χ1) is 10.8. The molecule has 0 rings (SSSR count). The molecule has 0 saturated heterocycles. The predicted molar refractivity (Wildman–Crippen MR) is 89.0 cm³/mol. The summed E-state index contributed by atoms with van der Waals surface area (Å²) in [7, 11) is 1.73. The first-order valence-corrected chi connectivity index (χ1v) is 7.90. The molecule has 7 nitrogen and oxygen atoms in total. The molecule has 0 aliphatic heterocycles. The third kappa shape index (κ3) is 12.2. The maximum absolute atomic E-state index is 11.8. The number of urea groups is 1. The van der Waals surface area contributed by atoms with Crippen molar-refractivity contribution in [2.24, 2.45) is 0 Å². The van der Waals surface area contributed by atoms with E-state index >= 15 is 0 Å². The lowest BCUT2D eigenvalue weighted by Crippen LogP contribution is -2.39. The second-order valence-electron chi connectivity index (χ2n) is 5.47. The van der Waals surface area contributed by atoms with Gasteiger partial charge in [-0.15, -0.1) is 0 Å². The highest BCUT2D eigenvalue weighted by molar-refractivity contribution is 5.86. The Kier molecular flexibility index (Phi) is 11.4. The standard InChI is InChI=1S/C16H29N3O4/c1-13(2)15(21)23-12-10-18-16(22)19(4)11-8-6-5-7-9-17-14(3)20/h1,5-12H2,2-4H3,(H,17,20)(H,18,22). The third-order valence-electron chi connectivity index (χ3n) is 3.10. The molecule has 0 aromatic heterocycles. The minimum absolute atomic E-state index is 0.00432. The summed E-state index contributed by atoms with van der Waals surface area (Å²) in [6, 6.07) is -0.186. The molecule has 0 radical (unpaired) electrons. The molecule has 3 amide bonds. The first-order valence-electron chi connectivity index (χ1n) is 7.90. The van der Waals surface area contributed by atoms with Crippen LogP contribution in [0.5, 0.6) is 0 Å². The van der Waals surface area contributed by atoms with Crippen LogP contribution in [0.1, 0.15) is 39.5 Å². The fourth-order valence-corrected chi connectivity index (χ4v) is 1.75. The van der Waals surface area contributed by atoms with Gasteiger partial charge in [-0.1, -0.05) is 19.4 Å².